The number of fused-ring (bicyclic) bond motifs is 9. The van der Waals surface area contributed by atoms with Crippen LogP contribution in [0.25, 0.3) is 75.5 Å². The second-order valence-corrected chi connectivity index (χ2v) is 16.2. The molecule has 1 nitrogen and oxygen atoms in total. The molecule has 1 unspecified atom stereocenters. The van der Waals surface area contributed by atoms with Gasteiger partial charge in [-0.2, -0.15) is 0 Å². The Hall–Kier alpha value is -4.83. The highest BCUT2D eigenvalue weighted by Crippen LogP contribution is 2.56. The molecule has 6 aromatic carbocycles. The van der Waals surface area contributed by atoms with E-state index in [-0.39, 0.29) is 4.75 Å². The van der Waals surface area contributed by atoms with Gasteiger partial charge in [-0.3, -0.25) is 0 Å². The van der Waals surface area contributed by atoms with Gasteiger partial charge in [-0.15, -0.1) is 23.1 Å². The number of aromatic nitrogens is 1. The molecule has 1 aliphatic heterocycles. The number of hydrogen-bond donors (Lipinski definition) is 0. The summed E-state index contributed by atoms with van der Waals surface area (Å²) in [6, 6.07) is 43.5. The Morgan fingerprint density at radius 3 is 2.40 bits per heavy atom. The van der Waals surface area contributed by atoms with Crippen molar-refractivity contribution in [3.63, 3.8) is 0 Å². The van der Waals surface area contributed by atoms with E-state index in [4.69, 9.17) is 0 Å². The molecule has 0 N–H and O–H groups in total. The fourth-order valence-electron chi connectivity index (χ4n) is 8.22. The fraction of sp³-hybridized carbons (Fsp3) is 0.111. The van der Waals surface area contributed by atoms with Crippen LogP contribution in [-0.4, -0.2) is 9.31 Å². The lowest BCUT2D eigenvalue weighted by molar-refractivity contribution is 0.829. The summed E-state index contributed by atoms with van der Waals surface area (Å²) in [6.45, 7) is 6.85. The largest absolute Gasteiger partial charge is 0.309 e. The van der Waals surface area contributed by atoms with Crippen molar-refractivity contribution in [2.24, 2.45) is 0 Å². The van der Waals surface area contributed by atoms with E-state index < -0.39 is 0 Å². The molecule has 0 spiro atoms. The van der Waals surface area contributed by atoms with Crippen molar-refractivity contribution in [2.45, 2.75) is 36.8 Å². The van der Waals surface area contributed by atoms with Crippen molar-refractivity contribution in [1.29, 1.82) is 0 Å². The minimum atomic E-state index is 0.131. The molecule has 8 aromatic rings. The molecule has 0 radical (unpaired) electrons. The van der Waals surface area contributed by atoms with Gasteiger partial charge in [0.1, 0.15) is 0 Å². The molecule has 2 aliphatic rings. The molecule has 48 heavy (non-hydrogen) atoms. The molecule has 0 fully saturated rings. The minimum absolute atomic E-state index is 0.131. The van der Waals surface area contributed by atoms with E-state index in [1.54, 1.807) is 0 Å². The lowest BCUT2D eigenvalue weighted by Gasteiger charge is -2.25. The summed E-state index contributed by atoms with van der Waals surface area (Å²) >= 11 is 3.91. The van der Waals surface area contributed by atoms with E-state index >= 15 is 0 Å². The van der Waals surface area contributed by atoms with Crippen LogP contribution in [-0.2, 0) is 0 Å². The standard InChI is InChI=1S/C45H33NS2/c1-27-11-4-5-12-31(27)34-26-40-35(23-28(34)2)33-13-6-7-16-39(33)46(40)30-19-21-41-37(25-30)44-32(14-10-17-43(44)47-41)29-18-20-42-36(24-29)38-15-8-9-22-45(38,3)48-42/h4-21,23-26H,22H2,1-3H3. The molecule has 0 saturated heterocycles. The Morgan fingerprint density at radius 1 is 0.625 bits per heavy atom. The SMILES string of the molecule is Cc1ccccc1-c1cc2c(cc1C)c1ccccc1n2-c1ccc2sc3cccc(-c4ccc5c(c4)C4=CC=CCC4(C)S5)c3c2c1. The van der Waals surface area contributed by atoms with Crippen molar-refractivity contribution in [1.82, 2.24) is 4.57 Å². The van der Waals surface area contributed by atoms with Gasteiger partial charge in [0.25, 0.3) is 0 Å². The number of allylic oxidation sites excluding steroid dienone is 3. The molecule has 0 saturated carbocycles. The monoisotopic (exact) mass is 651 g/mol. The van der Waals surface area contributed by atoms with Gasteiger partial charge in [0.15, 0.2) is 0 Å². The molecule has 230 valence electrons. The van der Waals surface area contributed by atoms with Gasteiger partial charge in [0.2, 0.25) is 0 Å². The Labute approximate surface area is 288 Å². The molecule has 10 rings (SSSR count). The summed E-state index contributed by atoms with van der Waals surface area (Å²) in [5.74, 6) is 0. The maximum atomic E-state index is 2.48. The second kappa shape index (κ2) is 10.3. The average Bonchev–Trinajstić information content (AvgIpc) is 3.74. The third-order valence-corrected chi connectivity index (χ3v) is 13.1. The summed E-state index contributed by atoms with van der Waals surface area (Å²) in [5, 5.41) is 5.26. The lowest BCUT2D eigenvalue weighted by atomic mass is 9.86. The predicted octanol–water partition coefficient (Wildman–Crippen LogP) is 13.3. The van der Waals surface area contributed by atoms with Crippen LogP contribution in [0.4, 0.5) is 0 Å². The first kappa shape index (κ1) is 28.2. The molecular formula is C45H33NS2. The van der Waals surface area contributed by atoms with Gasteiger partial charge in [0, 0.05) is 46.3 Å². The first-order valence-corrected chi connectivity index (χ1v) is 18.4. The van der Waals surface area contributed by atoms with E-state index in [2.05, 4.69) is 159 Å². The highest BCUT2D eigenvalue weighted by molar-refractivity contribution is 8.01. The van der Waals surface area contributed by atoms with E-state index in [1.165, 1.54) is 97.1 Å². The summed E-state index contributed by atoms with van der Waals surface area (Å²) in [6.07, 6.45) is 7.95. The van der Waals surface area contributed by atoms with Crippen LogP contribution < -0.4 is 0 Å². The fourth-order valence-corrected chi connectivity index (χ4v) is 10.7. The van der Waals surface area contributed by atoms with Gasteiger partial charge in [-0.1, -0.05) is 78.9 Å². The maximum absolute atomic E-state index is 2.48. The average molecular weight is 652 g/mol. The first-order valence-electron chi connectivity index (χ1n) is 16.7. The Balaban J connectivity index is 1.20. The van der Waals surface area contributed by atoms with Gasteiger partial charge in [-0.05, 0) is 126 Å². The van der Waals surface area contributed by atoms with Crippen molar-refractivity contribution in [3.05, 3.63) is 150 Å². The van der Waals surface area contributed by atoms with E-state index in [0.29, 0.717) is 0 Å². The zero-order valence-corrected chi connectivity index (χ0v) is 28.8. The normalized spacial score (nSPS) is 17.0. The van der Waals surface area contributed by atoms with Crippen LogP contribution in [0.15, 0.2) is 138 Å². The first-order chi connectivity index (χ1) is 23.5. The molecule has 3 heterocycles. The summed E-state index contributed by atoms with van der Waals surface area (Å²) in [5.41, 5.74) is 14.3. The number of thiophene rings is 1. The minimum Gasteiger partial charge on any atom is -0.309 e. The van der Waals surface area contributed by atoms with Crippen LogP contribution in [0.5, 0.6) is 0 Å². The maximum Gasteiger partial charge on any atom is 0.0547 e. The van der Waals surface area contributed by atoms with E-state index in [9.17, 15) is 0 Å². The molecular weight excluding hydrogens is 619 g/mol. The summed E-state index contributed by atoms with van der Waals surface area (Å²) < 4.78 is 5.27. The van der Waals surface area contributed by atoms with Crippen molar-refractivity contribution >= 4 is 70.6 Å². The number of hydrogen-bond acceptors (Lipinski definition) is 2. The third-order valence-electron chi connectivity index (χ3n) is 10.6. The van der Waals surface area contributed by atoms with Crippen LogP contribution >= 0.6 is 23.1 Å². The van der Waals surface area contributed by atoms with Crippen LogP contribution in [0.2, 0.25) is 0 Å². The summed E-state index contributed by atoms with van der Waals surface area (Å²) in [4.78, 5) is 1.40. The molecule has 3 heteroatoms. The van der Waals surface area contributed by atoms with Crippen LogP contribution in [0, 0.1) is 13.8 Å². The Kier molecular flexibility index (Phi) is 6.07. The smallest absolute Gasteiger partial charge is 0.0547 e. The third kappa shape index (κ3) is 4.04. The van der Waals surface area contributed by atoms with Gasteiger partial charge in [-0.25, -0.2) is 0 Å². The Morgan fingerprint density at radius 2 is 1.48 bits per heavy atom. The lowest BCUT2D eigenvalue weighted by Crippen LogP contribution is -2.18. The predicted molar refractivity (Wildman–Crippen MR) is 210 cm³/mol. The highest BCUT2D eigenvalue weighted by atomic mass is 32.2. The second-order valence-electron chi connectivity index (χ2n) is 13.6. The van der Waals surface area contributed by atoms with E-state index in [1.807, 2.05) is 23.1 Å². The van der Waals surface area contributed by atoms with Crippen LogP contribution in [0.1, 0.15) is 30.0 Å². The number of aryl methyl sites for hydroxylation is 2. The van der Waals surface area contributed by atoms with Gasteiger partial charge in [0.05, 0.1) is 11.0 Å². The number of benzene rings is 6. The van der Waals surface area contributed by atoms with Crippen molar-refractivity contribution in [2.75, 3.05) is 0 Å². The molecule has 1 aliphatic carbocycles. The zero-order chi connectivity index (χ0) is 32.1. The molecule has 2 aromatic heterocycles. The van der Waals surface area contributed by atoms with Gasteiger partial charge < -0.3 is 4.57 Å². The van der Waals surface area contributed by atoms with Crippen LogP contribution in [0.3, 0.4) is 0 Å². The molecule has 1 atom stereocenters. The number of rotatable bonds is 3. The zero-order valence-electron chi connectivity index (χ0n) is 27.2. The quantitative estimate of drug-likeness (QED) is 0.184. The topological polar surface area (TPSA) is 4.93 Å². The van der Waals surface area contributed by atoms with Crippen molar-refractivity contribution < 1.29 is 0 Å². The van der Waals surface area contributed by atoms with E-state index in [0.717, 1.165) is 6.42 Å². The molecule has 0 amide bonds. The van der Waals surface area contributed by atoms with Crippen molar-refractivity contribution in [3.8, 4) is 27.9 Å². The van der Waals surface area contributed by atoms with Gasteiger partial charge >= 0.3 is 0 Å². The number of para-hydroxylation sites is 1. The summed E-state index contributed by atoms with van der Waals surface area (Å²) in [7, 11) is 0. The highest BCUT2D eigenvalue weighted by Gasteiger charge is 2.38. The number of nitrogens with zero attached hydrogens (tertiary/aromatic N) is 1. The molecule has 0 bridgehead atoms. The Bertz CT molecular complexity index is 2720. The number of thioether (sulfide) groups is 1.